The molecule has 2 aromatic rings. The van der Waals surface area contributed by atoms with Crippen molar-refractivity contribution < 1.29 is 4.74 Å². The Bertz CT molecular complexity index is 528. The van der Waals surface area contributed by atoms with Crippen molar-refractivity contribution in [3.8, 4) is 5.75 Å². The van der Waals surface area contributed by atoms with Gasteiger partial charge in [0.2, 0.25) is 0 Å². The molecule has 0 aliphatic heterocycles. The van der Waals surface area contributed by atoms with Crippen LogP contribution >= 0.6 is 11.8 Å². The van der Waals surface area contributed by atoms with Crippen LogP contribution in [0.4, 0.5) is 0 Å². The van der Waals surface area contributed by atoms with Crippen LogP contribution < -0.4 is 10.1 Å². The molecule has 0 spiro atoms. The minimum absolute atomic E-state index is 0.723. The van der Waals surface area contributed by atoms with Gasteiger partial charge in [-0.05, 0) is 31.7 Å². The Labute approximate surface area is 125 Å². The summed E-state index contributed by atoms with van der Waals surface area (Å²) in [5.41, 5.74) is 2.42. The average molecular weight is 287 g/mol. The van der Waals surface area contributed by atoms with E-state index < -0.39 is 0 Å². The highest BCUT2D eigenvalue weighted by molar-refractivity contribution is 7.99. The van der Waals surface area contributed by atoms with Gasteiger partial charge in [-0.3, -0.25) is 0 Å². The van der Waals surface area contributed by atoms with Crippen molar-refractivity contribution in [2.45, 2.75) is 18.4 Å². The molecular weight excluding hydrogens is 266 g/mol. The average Bonchev–Trinajstić information content (AvgIpc) is 2.47. The van der Waals surface area contributed by atoms with Crippen LogP contribution in [-0.4, -0.2) is 19.4 Å². The Balaban J connectivity index is 1.87. The summed E-state index contributed by atoms with van der Waals surface area (Å²) in [5.74, 6) is 1.98. The first-order valence-electron chi connectivity index (χ1n) is 6.85. The molecule has 0 fully saturated rings. The molecule has 2 nitrogen and oxygen atoms in total. The van der Waals surface area contributed by atoms with Gasteiger partial charge in [-0.1, -0.05) is 36.4 Å². The molecular formula is C17H21NOS. The minimum atomic E-state index is 0.723. The van der Waals surface area contributed by atoms with Gasteiger partial charge in [0.15, 0.2) is 0 Å². The molecule has 0 radical (unpaired) electrons. The van der Waals surface area contributed by atoms with Crippen LogP contribution in [0.2, 0.25) is 0 Å². The lowest BCUT2D eigenvalue weighted by molar-refractivity contribution is 0.337. The fraction of sp³-hybridized carbons (Fsp3) is 0.294. The Morgan fingerprint density at radius 1 is 1.05 bits per heavy atom. The van der Waals surface area contributed by atoms with Crippen molar-refractivity contribution >= 4 is 11.8 Å². The normalized spacial score (nSPS) is 10.5. The van der Waals surface area contributed by atoms with E-state index in [1.165, 1.54) is 16.0 Å². The van der Waals surface area contributed by atoms with Crippen molar-refractivity contribution in [1.82, 2.24) is 5.32 Å². The molecule has 0 saturated heterocycles. The lowest BCUT2D eigenvalue weighted by Crippen LogP contribution is -2.09. The number of para-hydroxylation sites is 1. The van der Waals surface area contributed by atoms with Crippen LogP contribution in [0.15, 0.2) is 53.4 Å². The Morgan fingerprint density at radius 3 is 2.60 bits per heavy atom. The maximum absolute atomic E-state index is 5.98. The van der Waals surface area contributed by atoms with E-state index in [4.69, 9.17) is 4.74 Å². The zero-order valence-corrected chi connectivity index (χ0v) is 12.9. The number of benzene rings is 2. The van der Waals surface area contributed by atoms with Crippen LogP contribution in [0.5, 0.6) is 5.75 Å². The second kappa shape index (κ2) is 7.98. The number of hydrogen-bond acceptors (Lipinski definition) is 3. The van der Waals surface area contributed by atoms with Crippen molar-refractivity contribution in [2.75, 3.05) is 19.4 Å². The largest absolute Gasteiger partial charge is 0.492 e. The van der Waals surface area contributed by atoms with E-state index >= 15 is 0 Å². The van der Waals surface area contributed by atoms with Crippen LogP contribution in [-0.2, 0) is 6.54 Å². The van der Waals surface area contributed by atoms with E-state index in [1.54, 1.807) is 0 Å². The number of aryl methyl sites for hydroxylation is 1. The van der Waals surface area contributed by atoms with Gasteiger partial charge in [-0.15, -0.1) is 11.8 Å². The maximum atomic E-state index is 5.98. The summed E-state index contributed by atoms with van der Waals surface area (Å²) < 4.78 is 5.98. The molecule has 20 heavy (non-hydrogen) atoms. The first-order chi connectivity index (χ1) is 9.81. The summed E-state index contributed by atoms with van der Waals surface area (Å²) in [4.78, 5) is 1.29. The van der Waals surface area contributed by atoms with E-state index in [0.717, 1.165) is 24.7 Å². The summed E-state index contributed by atoms with van der Waals surface area (Å²) in [6.07, 6.45) is 0. The van der Waals surface area contributed by atoms with Crippen LogP contribution in [0.25, 0.3) is 0 Å². The third kappa shape index (κ3) is 4.29. The lowest BCUT2D eigenvalue weighted by Gasteiger charge is -2.14. The fourth-order valence-electron chi connectivity index (χ4n) is 2.07. The van der Waals surface area contributed by atoms with Crippen molar-refractivity contribution in [1.29, 1.82) is 0 Å². The van der Waals surface area contributed by atoms with Crippen LogP contribution in [0, 0.1) is 6.92 Å². The molecule has 0 atom stereocenters. The van der Waals surface area contributed by atoms with Crippen molar-refractivity contribution in [2.24, 2.45) is 0 Å². The van der Waals surface area contributed by atoms with E-state index in [-0.39, 0.29) is 0 Å². The van der Waals surface area contributed by atoms with Gasteiger partial charge in [-0.2, -0.15) is 0 Å². The maximum Gasteiger partial charge on any atom is 0.126 e. The minimum Gasteiger partial charge on any atom is -0.492 e. The molecule has 0 heterocycles. The molecule has 0 unspecified atom stereocenters. The second-order valence-corrected chi connectivity index (χ2v) is 5.77. The highest BCUT2D eigenvalue weighted by Crippen LogP contribution is 2.24. The zero-order chi connectivity index (χ0) is 14.2. The van der Waals surface area contributed by atoms with Gasteiger partial charge in [0.05, 0.1) is 6.61 Å². The molecule has 0 aliphatic carbocycles. The summed E-state index contributed by atoms with van der Waals surface area (Å²) >= 11 is 1.82. The fourth-order valence-corrected chi connectivity index (χ4v) is 2.82. The van der Waals surface area contributed by atoms with Gasteiger partial charge in [0.1, 0.15) is 5.75 Å². The van der Waals surface area contributed by atoms with Gasteiger partial charge in [-0.25, -0.2) is 0 Å². The van der Waals surface area contributed by atoms with E-state index in [9.17, 15) is 0 Å². The summed E-state index contributed by atoms with van der Waals surface area (Å²) in [7, 11) is 1.96. The zero-order valence-electron chi connectivity index (χ0n) is 12.1. The molecule has 106 valence electrons. The first kappa shape index (κ1) is 14.9. The smallest absolute Gasteiger partial charge is 0.126 e. The molecule has 2 aromatic carbocycles. The number of rotatable bonds is 7. The third-order valence-electron chi connectivity index (χ3n) is 3.00. The SMILES string of the molecule is CNCc1cccc(C)c1OCCSc1ccccc1. The van der Waals surface area contributed by atoms with E-state index in [2.05, 4.69) is 54.7 Å². The highest BCUT2D eigenvalue weighted by atomic mass is 32.2. The molecule has 0 amide bonds. The Hall–Kier alpha value is -1.45. The van der Waals surface area contributed by atoms with Gasteiger partial charge < -0.3 is 10.1 Å². The molecule has 2 rings (SSSR count). The van der Waals surface area contributed by atoms with Crippen LogP contribution in [0.3, 0.4) is 0 Å². The van der Waals surface area contributed by atoms with Gasteiger partial charge in [0.25, 0.3) is 0 Å². The second-order valence-electron chi connectivity index (χ2n) is 4.60. The molecule has 1 N–H and O–H groups in total. The first-order valence-corrected chi connectivity index (χ1v) is 7.83. The van der Waals surface area contributed by atoms with Crippen molar-refractivity contribution in [3.05, 3.63) is 59.7 Å². The highest BCUT2D eigenvalue weighted by Gasteiger charge is 2.06. The summed E-state index contributed by atoms with van der Waals surface area (Å²) in [6, 6.07) is 16.7. The molecule has 0 aromatic heterocycles. The number of thioether (sulfide) groups is 1. The molecule has 0 saturated carbocycles. The van der Waals surface area contributed by atoms with Crippen LogP contribution in [0.1, 0.15) is 11.1 Å². The summed E-state index contributed by atoms with van der Waals surface area (Å²) in [5, 5.41) is 3.18. The molecule has 3 heteroatoms. The van der Waals surface area contributed by atoms with Gasteiger partial charge in [0, 0.05) is 22.8 Å². The number of nitrogens with one attached hydrogen (secondary N) is 1. The third-order valence-corrected chi connectivity index (χ3v) is 3.98. The lowest BCUT2D eigenvalue weighted by atomic mass is 10.1. The molecule has 0 aliphatic rings. The van der Waals surface area contributed by atoms with Gasteiger partial charge >= 0.3 is 0 Å². The predicted octanol–water partition coefficient (Wildman–Crippen LogP) is 3.89. The Morgan fingerprint density at radius 2 is 1.85 bits per heavy atom. The van der Waals surface area contributed by atoms with Crippen molar-refractivity contribution in [3.63, 3.8) is 0 Å². The quantitative estimate of drug-likeness (QED) is 0.617. The Kier molecular flexibility index (Phi) is 5.96. The van der Waals surface area contributed by atoms with E-state index in [0.29, 0.717) is 0 Å². The number of ether oxygens (including phenoxy) is 1. The van der Waals surface area contributed by atoms with E-state index in [1.807, 2.05) is 24.9 Å². The predicted molar refractivity (Wildman–Crippen MR) is 86.6 cm³/mol. The number of hydrogen-bond donors (Lipinski definition) is 1. The molecule has 0 bridgehead atoms. The monoisotopic (exact) mass is 287 g/mol. The topological polar surface area (TPSA) is 21.3 Å². The standard InChI is InChI=1S/C17H21NOS/c1-14-7-6-8-15(13-18-2)17(14)19-11-12-20-16-9-4-3-5-10-16/h3-10,18H,11-13H2,1-2H3. The summed E-state index contributed by atoms with van der Waals surface area (Å²) in [6.45, 7) is 3.66.